The number of nitrogens with one attached hydrogen (secondary N) is 1. The summed E-state index contributed by atoms with van der Waals surface area (Å²) in [5.41, 5.74) is 3.82. The summed E-state index contributed by atoms with van der Waals surface area (Å²) in [5, 5.41) is 3.41. The minimum absolute atomic E-state index is 0.846. The lowest BCUT2D eigenvalue weighted by Gasteiger charge is -2.08. The molecule has 2 rings (SSSR count). The molecule has 0 amide bonds. The molecule has 2 aromatic carbocycles. The Morgan fingerprint density at radius 1 is 0.895 bits per heavy atom. The second-order valence-corrected chi connectivity index (χ2v) is 4.65. The Kier molecular flexibility index (Phi) is 4.85. The molecule has 0 aliphatic carbocycles. The largest absolute Gasteiger partial charge is 0.497 e. The molecule has 0 aliphatic heterocycles. The van der Waals surface area contributed by atoms with Gasteiger partial charge in [0.15, 0.2) is 0 Å². The van der Waals surface area contributed by atoms with Crippen LogP contribution in [-0.2, 0) is 13.0 Å². The van der Waals surface area contributed by atoms with Crippen molar-refractivity contribution in [3.8, 4) is 5.75 Å². The molecule has 0 atom stereocenters. The molecule has 0 unspecified atom stereocenters. The van der Waals surface area contributed by atoms with Crippen LogP contribution < -0.4 is 10.1 Å². The van der Waals surface area contributed by atoms with Crippen LogP contribution in [0.2, 0.25) is 0 Å². The lowest BCUT2D eigenvalue weighted by atomic mass is 10.1. The number of methoxy groups -OCH3 is 1. The maximum Gasteiger partial charge on any atom is 0.119 e. The number of anilines is 1. The molecule has 0 spiro atoms. The van der Waals surface area contributed by atoms with Crippen LogP contribution in [0.3, 0.4) is 0 Å². The molecule has 0 aromatic heterocycles. The summed E-state index contributed by atoms with van der Waals surface area (Å²) in [7, 11) is 1.68. The highest BCUT2D eigenvalue weighted by Crippen LogP contribution is 2.16. The summed E-state index contributed by atoms with van der Waals surface area (Å²) in [5.74, 6) is 0.884. The van der Waals surface area contributed by atoms with Gasteiger partial charge in [-0.15, -0.1) is 0 Å². The smallest absolute Gasteiger partial charge is 0.119 e. The first-order valence-corrected chi connectivity index (χ1v) is 6.77. The van der Waals surface area contributed by atoms with Crippen LogP contribution in [0.4, 0.5) is 5.69 Å². The predicted octanol–water partition coefficient (Wildman–Crippen LogP) is 4.26. The highest BCUT2D eigenvalue weighted by molar-refractivity contribution is 5.46. The molecule has 2 nitrogen and oxygen atoms in total. The second kappa shape index (κ2) is 6.83. The Morgan fingerprint density at radius 2 is 1.53 bits per heavy atom. The Hall–Kier alpha value is -1.96. The van der Waals surface area contributed by atoms with Crippen molar-refractivity contribution in [1.29, 1.82) is 0 Å². The summed E-state index contributed by atoms with van der Waals surface area (Å²) in [4.78, 5) is 0. The quantitative estimate of drug-likeness (QED) is 0.832. The maximum absolute atomic E-state index is 5.14. The third-order valence-corrected chi connectivity index (χ3v) is 3.15. The highest BCUT2D eigenvalue weighted by Gasteiger charge is 1.96. The molecule has 0 fully saturated rings. The van der Waals surface area contributed by atoms with Crippen molar-refractivity contribution in [3.05, 3.63) is 59.7 Å². The molecule has 2 aromatic rings. The van der Waals surface area contributed by atoms with E-state index in [0.29, 0.717) is 0 Å². The van der Waals surface area contributed by atoms with Crippen molar-refractivity contribution in [2.45, 2.75) is 26.3 Å². The van der Waals surface area contributed by atoms with Gasteiger partial charge in [0.25, 0.3) is 0 Å². The number of rotatable bonds is 6. The van der Waals surface area contributed by atoms with Gasteiger partial charge in [-0.1, -0.05) is 37.6 Å². The van der Waals surface area contributed by atoms with E-state index in [1.54, 1.807) is 7.11 Å². The van der Waals surface area contributed by atoms with Crippen molar-refractivity contribution < 1.29 is 4.74 Å². The summed E-state index contributed by atoms with van der Waals surface area (Å²) >= 11 is 0. The van der Waals surface area contributed by atoms with E-state index in [9.17, 15) is 0 Å². The van der Waals surface area contributed by atoms with Crippen LogP contribution >= 0.6 is 0 Å². The normalized spacial score (nSPS) is 10.2. The van der Waals surface area contributed by atoms with E-state index in [1.165, 1.54) is 17.5 Å². The lowest BCUT2D eigenvalue weighted by Crippen LogP contribution is -1.99. The summed E-state index contributed by atoms with van der Waals surface area (Å²) in [6, 6.07) is 16.8. The topological polar surface area (TPSA) is 21.3 Å². The minimum atomic E-state index is 0.846. The van der Waals surface area contributed by atoms with E-state index in [1.807, 2.05) is 24.3 Å². The van der Waals surface area contributed by atoms with Crippen LogP contribution in [0.5, 0.6) is 5.75 Å². The van der Waals surface area contributed by atoms with Gasteiger partial charge in [0, 0.05) is 12.2 Å². The van der Waals surface area contributed by atoms with Gasteiger partial charge in [-0.2, -0.15) is 0 Å². The fraction of sp³-hybridized carbons (Fsp3) is 0.294. The molecule has 19 heavy (non-hydrogen) atoms. The zero-order valence-electron chi connectivity index (χ0n) is 11.6. The van der Waals surface area contributed by atoms with E-state index in [0.717, 1.165) is 24.4 Å². The Labute approximate surface area is 115 Å². The van der Waals surface area contributed by atoms with Gasteiger partial charge in [0.1, 0.15) is 5.75 Å². The van der Waals surface area contributed by atoms with Gasteiger partial charge in [0.05, 0.1) is 7.11 Å². The molecule has 0 heterocycles. The van der Waals surface area contributed by atoms with E-state index in [2.05, 4.69) is 36.5 Å². The van der Waals surface area contributed by atoms with Gasteiger partial charge in [-0.25, -0.2) is 0 Å². The molecular weight excluding hydrogens is 234 g/mol. The van der Waals surface area contributed by atoms with E-state index in [-0.39, 0.29) is 0 Å². The first-order chi connectivity index (χ1) is 9.31. The van der Waals surface area contributed by atoms with Gasteiger partial charge in [0.2, 0.25) is 0 Å². The van der Waals surface area contributed by atoms with Gasteiger partial charge < -0.3 is 10.1 Å². The standard InChI is InChI=1S/C17H21NO/c1-3-4-14-5-7-15(8-6-14)13-18-16-9-11-17(19-2)12-10-16/h5-12,18H,3-4,13H2,1-2H3. The first-order valence-electron chi connectivity index (χ1n) is 6.77. The third-order valence-electron chi connectivity index (χ3n) is 3.15. The fourth-order valence-electron chi connectivity index (χ4n) is 2.03. The summed E-state index contributed by atoms with van der Waals surface area (Å²) in [6.45, 7) is 3.05. The molecule has 0 radical (unpaired) electrons. The molecule has 1 N–H and O–H groups in total. The van der Waals surface area contributed by atoms with Gasteiger partial charge in [-0.3, -0.25) is 0 Å². The molecule has 2 heteroatoms. The van der Waals surface area contributed by atoms with E-state index >= 15 is 0 Å². The van der Waals surface area contributed by atoms with Crippen LogP contribution in [-0.4, -0.2) is 7.11 Å². The zero-order valence-corrected chi connectivity index (χ0v) is 11.6. The third kappa shape index (κ3) is 4.02. The summed E-state index contributed by atoms with van der Waals surface area (Å²) < 4.78 is 5.14. The van der Waals surface area contributed by atoms with Gasteiger partial charge in [-0.05, 0) is 41.8 Å². The second-order valence-electron chi connectivity index (χ2n) is 4.65. The SMILES string of the molecule is CCCc1ccc(CNc2ccc(OC)cc2)cc1. The molecule has 0 saturated heterocycles. The van der Waals surface area contributed by atoms with Crippen molar-refractivity contribution >= 4 is 5.69 Å². The highest BCUT2D eigenvalue weighted by atomic mass is 16.5. The fourth-order valence-corrected chi connectivity index (χ4v) is 2.03. The monoisotopic (exact) mass is 255 g/mol. The Balaban J connectivity index is 1.90. The van der Waals surface area contributed by atoms with Crippen LogP contribution in [0.25, 0.3) is 0 Å². The summed E-state index contributed by atoms with van der Waals surface area (Å²) in [6.07, 6.45) is 2.36. The van der Waals surface area contributed by atoms with Crippen LogP contribution in [0, 0.1) is 0 Å². The number of ether oxygens (including phenoxy) is 1. The average molecular weight is 255 g/mol. The van der Waals surface area contributed by atoms with Gasteiger partial charge >= 0.3 is 0 Å². The van der Waals surface area contributed by atoms with Crippen LogP contribution in [0.1, 0.15) is 24.5 Å². The first kappa shape index (κ1) is 13.5. The van der Waals surface area contributed by atoms with Crippen molar-refractivity contribution in [2.24, 2.45) is 0 Å². The zero-order chi connectivity index (χ0) is 13.5. The average Bonchev–Trinajstić information content (AvgIpc) is 2.47. The molecule has 0 bridgehead atoms. The minimum Gasteiger partial charge on any atom is -0.497 e. The van der Waals surface area contributed by atoms with Crippen molar-refractivity contribution in [1.82, 2.24) is 0 Å². The molecule has 100 valence electrons. The molecule has 0 aliphatic rings. The number of benzene rings is 2. The van der Waals surface area contributed by atoms with E-state index < -0.39 is 0 Å². The van der Waals surface area contributed by atoms with Crippen molar-refractivity contribution in [3.63, 3.8) is 0 Å². The Morgan fingerprint density at radius 3 is 2.11 bits per heavy atom. The van der Waals surface area contributed by atoms with E-state index in [4.69, 9.17) is 4.74 Å². The molecular formula is C17H21NO. The van der Waals surface area contributed by atoms with Crippen LogP contribution in [0.15, 0.2) is 48.5 Å². The number of hydrogen-bond acceptors (Lipinski definition) is 2. The maximum atomic E-state index is 5.14. The lowest BCUT2D eigenvalue weighted by molar-refractivity contribution is 0.415. The number of aryl methyl sites for hydroxylation is 1. The van der Waals surface area contributed by atoms with Crippen molar-refractivity contribution in [2.75, 3.05) is 12.4 Å². The Bertz CT molecular complexity index is 488. The predicted molar refractivity (Wildman–Crippen MR) is 80.8 cm³/mol. The molecule has 0 saturated carbocycles. The number of hydrogen-bond donors (Lipinski definition) is 1.